The Labute approximate surface area is 148 Å². The van der Waals surface area contributed by atoms with Gasteiger partial charge in [0.25, 0.3) is 0 Å². The van der Waals surface area contributed by atoms with E-state index >= 15 is 0 Å². The summed E-state index contributed by atoms with van der Waals surface area (Å²) in [6.07, 6.45) is 5.48. The first kappa shape index (κ1) is 16.6. The summed E-state index contributed by atoms with van der Waals surface area (Å²) in [5.41, 5.74) is 5.51. The Hall–Kier alpha value is -3.26. The second-order valence-electron chi connectivity index (χ2n) is 5.74. The lowest BCUT2D eigenvalue weighted by Gasteiger charge is -2.13. The summed E-state index contributed by atoms with van der Waals surface area (Å²) in [6, 6.07) is 16.1. The molecule has 0 unspecified atom stereocenters. The predicted octanol–water partition coefficient (Wildman–Crippen LogP) is 6.00. The van der Waals surface area contributed by atoms with Gasteiger partial charge in [-0.2, -0.15) is 0 Å². The van der Waals surface area contributed by atoms with Crippen molar-refractivity contribution in [3.05, 3.63) is 96.8 Å². The summed E-state index contributed by atoms with van der Waals surface area (Å²) < 4.78 is 0. The second-order valence-corrected chi connectivity index (χ2v) is 5.74. The van der Waals surface area contributed by atoms with Gasteiger partial charge >= 0.3 is 0 Å². The molecule has 0 aliphatic rings. The highest BCUT2D eigenvalue weighted by molar-refractivity contribution is 6.13. The van der Waals surface area contributed by atoms with Gasteiger partial charge in [-0.05, 0) is 47.0 Å². The lowest BCUT2D eigenvalue weighted by Crippen LogP contribution is -2.00. The van der Waals surface area contributed by atoms with Gasteiger partial charge in [0.1, 0.15) is 0 Å². The molecule has 0 bridgehead atoms. The Morgan fingerprint density at radius 2 is 1.72 bits per heavy atom. The van der Waals surface area contributed by atoms with Crippen molar-refractivity contribution in [2.24, 2.45) is 4.99 Å². The first-order valence-electron chi connectivity index (χ1n) is 8.12. The minimum atomic E-state index is 0.648. The van der Waals surface area contributed by atoms with E-state index in [4.69, 9.17) is 4.99 Å². The third-order valence-electron chi connectivity index (χ3n) is 4.20. The summed E-state index contributed by atoms with van der Waals surface area (Å²) in [5, 5.41) is 2.28. The standard InChI is InChI=1S/C23H20N2/c1-5-18-15-22(21-12-8-7-11-20(21)19(18)6-2)16(3)25-17(4)23-13-9-10-14-24-23/h5-15H,1-2,4H2,3H3. The van der Waals surface area contributed by atoms with E-state index in [1.807, 2.05) is 49.4 Å². The molecule has 1 heterocycles. The largest absolute Gasteiger partial charge is 0.255 e. The fourth-order valence-corrected chi connectivity index (χ4v) is 2.97. The molecule has 0 amide bonds. The van der Waals surface area contributed by atoms with Gasteiger partial charge in [-0.1, -0.05) is 62.2 Å². The lowest BCUT2D eigenvalue weighted by atomic mass is 9.92. The minimum absolute atomic E-state index is 0.648. The van der Waals surface area contributed by atoms with Gasteiger partial charge in [0.05, 0.1) is 11.4 Å². The van der Waals surface area contributed by atoms with Crippen LogP contribution in [-0.4, -0.2) is 10.7 Å². The highest BCUT2D eigenvalue weighted by atomic mass is 14.8. The molecule has 122 valence electrons. The maximum Gasteiger partial charge on any atom is 0.0880 e. The van der Waals surface area contributed by atoms with E-state index < -0.39 is 0 Å². The second kappa shape index (κ2) is 7.10. The molecule has 3 rings (SSSR count). The Morgan fingerprint density at radius 3 is 2.36 bits per heavy atom. The Morgan fingerprint density at radius 1 is 1.00 bits per heavy atom. The van der Waals surface area contributed by atoms with Gasteiger partial charge in [-0.3, -0.25) is 9.98 Å². The quantitative estimate of drug-likeness (QED) is 0.528. The van der Waals surface area contributed by atoms with Crippen LogP contribution in [-0.2, 0) is 0 Å². The van der Waals surface area contributed by atoms with E-state index in [0.717, 1.165) is 38.9 Å². The maximum absolute atomic E-state index is 4.70. The van der Waals surface area contributed by atoms with E-state index in [-0.39, 0.29) is 0 Å². The molecular formula is C23H20N2. The van der Waals surface area contributed by atoms with Gasteiger partial charge in [0.2, 0.25) is 0 Å². The Bertz CT molecular complexity index is 995. The third kappa shape index (κ3) is 3.20. The van der Waals surface area contributed by atoms with Crippen LogP contribution < -0.4 is 0 Å². The summed E-state index contributed by atoms with van der Waals surface area (Å²) in [7, 11) is 0. The summed E-state index contributed by atoms with van der Waals surface area (Å²) >= 11 is 0. The molecule has 0 aliphatic carbocycles. The zero-order valence-electron chi connectivity index (χ0n) is 14.4. The zero-order chi connectivity index (χ0) is 17.8. The van der Waals surface area contributed by atoms with Gasteiger partial charge in [-0.25, -0.2) is 0 Å². The van der Waals surface area contributed by atoms with E-state index in [2.05, 4.69) is 42.9 Å². The van der Waals surface area contributed by atoms with Gasteiger partial charge in [0.15, 0.2) is 0 Å². The molecule has 0 fully saturated rings. The van der Waals surface area contributed by atoms with E-state index in [1.165, 1.54) is 0 Å². The maximum atomic E-state index is 4.70. The van der Waals surface area contributed by atoms with Crippen LogP contribution in [0.5, 0.6) is 0 Å². The first-order chi connectivity index (χ1) is 12.2. The number of hydrogen-bond donors (Lipinski definition) is 0. The molecule has 2 heteroatoms. The smallest absolute Gasteiger partial charge is 0.0880 e. The number of fused-ring (bicyclic) bond motifs is 1. The molecule has 0 saturated heterocycles. The summed E-state index contributed by atoms with van der Waals surface area (Å²) in [6.45, 7) is 13.9. The number of rotatable bonds is 5. The third-order valence-corrected chi connectivity index (χ3v) is 4.20. The number of benzene rings is 2. The normalized spacial score (nSPS) is 11.3. The van der Waals surface area contributed by atoms with Crippen LogP contribution in [0.15, 0.2) is 79.5 Å². The monoisotopic (exact) mass is 324 g/mol. The molecule has 25 heavy (non-hydrogen) atoms. The van der Waals surface area contributed by atoms with Crippen molar-refractivity contribution in [1.29, 1.82) is 0 Å². The van der Waals surface area contributed by atoms with E-state index in [0.29, 0.717) is 5.70 Å². The summed E-state index contributed by atoms with van der Waals surface area (Å²) in [5.74, 6) is 0. The first-order valence-corrected chi connectivity index (χ1v) is 8.12. The lowest BCUT2D eigenvalue weighted by molar-refractivity contribution is 1.26. The molecule has 1 aromatic heterocycles. The average Bonchev–Trinajstić information content (AvgIpc) is 2.67. The van der Waals surface area contributed by atoms with Crippen molar-refractivity contribution < 1.29 is 0 Å². The molecule has 0 radical (unpaired) electrons. The molecule has 0 aliphatic heterocycles. The Kier molecular flexibility index (Phi) is 4.71. The number of pyridine rings is 1. The SMILES string of the molecule is C=Cc1cc(C(C)=NC(=C)c2ccccn2)c2ccccc2c1C=C. The molecule has 0 saturated carbocycles. The van der Waals surface area contributed by atoms with Crippen molar-refractivity contribution in [2.75, 3.05) is 0 Å². The van der Waals surface area contributed by atoms with Crippen LogP contribution in [0.2, 0.25) is 0 Å². The van der Waals surface area contributed by atoms with E-state index in [1.54, 1.807) is 6.20 Å². The fourth-order valence-electron chi connectivity index (χ4n) is 2.97. The van der Waals surface area contributed by atoms with Crippen LogP contribution in [0.1, 0.15) is 29.3 Å². The molecule has 2 aromatic carbocycles. The van der Waals surface area contributed by atoms with Crippen LogP contribution in [0.3, 0.4) is 0 Å². The number of aliphatic imine (C=N–C) groups is 1. The molecule has 0 N–H and O–H groups in total. The van der Waals surface area contributed by atoms with Gasteiger partial charge in [0, 0.05) is 17.5 Å². The molecular weight excluding hydrogens is 304 g/mol. The van der Waals surface area contributed by atoms with Crippen molar-refractivity contribution in [3.63, 3.8) is 0 Å². The molecule has 2 nitrogen and oxygen atoms in total. The predicted molar refractivity (Wildman–Crippen MR) is 110 cm³/mol. The number of hydrogen-bond acceptors (Lipinski definition) is 2. The fraction of sp³-hybridized carbons (Fsp3) is 0.0435. The minimum Gasteiger partial charge on any atom is -0.255 e. The van der Waals surface area contributed by atoms with Crippen LogP contribution in [0.25, 0.3) is 28.6 Å². The topological polar surface area (TPSA) is 25.2 Å². The molecule has 0 atom stereocenters. The van der Waals surface area contributed by atoms with Crippen molar-refractivity contribution in [1.82, 2.24) is 4.98 Å². The van der Waals surface area contributed by atoms with Crippen LogP contribution in [0, 0.1) is 0 Å². The average molecular weight is 324 g/mol. The van der Waals surface area contributed by atoms with Gasteiger partial charge < -0.3 is 0 Å². The van der Waals surface area contributed by atoms with Crippen LogP contribution >= 0.6 is 0 Å². The van der Waals surface area contributed by atoms with Crippen molar-refractivity contribution in [2.45, 2.75) is 6.92 Å². The number of aromatic nitrogens is 1. The van der Waals surface area contributed by atoms with Crippen molar-refractivity contribution in [3.8, 4) is 0 Å². The Balaban J connectivity index is 2.18. The molecule has 3 aromatic rings. The van der Waals surface area contributed by atoms with Gasteiger partial charge in [-0.15, -0.1) is 0 Å². The zero-order valence-corrected chi connectivity index (χ0v) is 14.4. The van der Waals surface area contributed by atoms with Crippen LogP contribution in [0.4, 0.5) is 0 Å². The van der Waals surface area contributed by atoms with Crippen molar-refractivity contribution >= 4 is 34.3 Å². The molecule has 0 spiro atoms. The summed E-state index contributed by atoms with van der Waals surface area (Å²) in [4.78, 5) is 9.01. The number of nitrogens with zero attached hydrogens (tertiary/aromatic N) is 2. The van der Waals surface area contributed by atoms with E-state index in [9.17, 15) is 0 Å². The highest BCUT2D eigenvalue weighted by Crippen LogP contribution is 2.29. The highest BCUT2D eigenvalue weighted by Gasteiger charge is 2.11.